The van der Waals surface area contributed by atoms with Crippen LogP contribution in [0.1, 0.15) is 40.2 Å². The lowest BCUT2D eigenvalue weighted by Gasteiger charge is -2.34. The number of hydrogen-bond acceptors (Lipinski definition) is 0. The number of aromatic nitrogens is 2. The lowest BCUT2D eigenvalue weighted by Crippen LogP contribution is -2.28. The lowest BCUT2D eigenvalue weighted by molar-refractivity contribution is 0.769. The Bertz CT molecular complexity index is 5590. The highest BCUT2D eigenvalue weighted by molar-refractivity contribution is 6.13. The molecule has 1 unspecified atom stereocenters. The maximum atomic E-state index is 2.46. The predicted molar refractivity (Wildman–Crippen MR) is 391 cm³/mol. The number of allylic oxidation sites excluding steroid dienone is 4. The van der Waals surface area contributed by atoms with E-state index < -0.39 is 5.41 Å². The topological polar surface area (TPSA) is 9.86 Å². The normalized spacial score (nSPS) is 14.0. The van der Waals surface area contributed by atoms with Gasteiger partial charge in [-0.15, -0.1) is 0 Å². The average Bonchev–Trinajstić information content (AvgIpc) is 1.57. The van der Waals surface area contributed by atoms with Gasteiger partial charge in [0.25, 0.3) is 0 Å². The quantitative estimate of drug-likeness (QED) is 0.122. The van der Waals surface area contributed by atoms with E-state index >= 15 is 0 Å². The molecular formula is C91H62N2. The maximum absolute atomic E-state index is 2.46. The fraction of sp³-hybridized carbons (Fsp3) is 0.0330. The van der Waals surface area contributed by atoms with Crippen molar-refractivity contribution in [3.63, 3.8) is 0 Å². The molecule has 0 saturated carbocycles. The van der Waals surface area contributed by atoms with E-state index in [1.165, 1.54) is 155 Å². The van der Waals surface area contributed by atoms with Crippen LogP contribution in [0, 0.1) is 0 Å². The number of nitrogens with zero attached hydrogens (tertiary/aromatic N) is 2. The minimum atomic E-state index is -0.550. The van der Waals surface area contributed by atoms with E-state index in [1.807, 2.05) is 0 Å². The summed E-state index contributed by atoms with van der Waals surface area (Å²) in [7, 11) is 0. The van der Waals surface area contributed by atoms with Gasteiger partial charge in [0.05, 0.1) is 27.5 Å². The molecule has 2 heteroatoms. The van der Waals surface area contributed by atoms with Crippen molar-refractivity contribution in [2.45, 2.75) is 17.8 Å². The van der Waals surface area contributed by atoms with Crippen molar-refractivity contribution in [1.29, 1.82) is 0 Å². The molecule has 436 valence electrons. The summed E-state index contributed by atoms with van der Waals surface area (Å²) in [5.41, 5.74) is 30.2. The summed E-state index contributed by atoms with van der Waals surface area (Å²) >= 11 is 0. The van der Waals surface area contributed by atoms with E-state index in [1.54, 1.807) is 0 Å². The summed E-state index contributed by atoms with van der Waals surface area (Å²) < 4.78 is 4.88. The van der Waals surface area contributed by atoms with Crippen LogP contribution < -0.4 is 0 Å². The Hall–Kier alpha value is -11.8. The van der Waals surface area contributed by atoms with Crippen molar-refractivity contribution in [3.05, 3.63) is 386 Å². The zero-order valence-electron chi connectivity index (χ0n) is 51.2. The predicted octanol–water partition coefficient (Wildman–Crippen LogP) is 23.8. The highest BCUT2D eigenvalue weighted by atomic mass is 15.0. The minimum Gasteiger partial charge on any atom is -0.310 e. The Morgan fingerprint density at radius 1 is 0.269 bits per heavy atom. The first-order chi connectivity index (χ1) is 46.1. The van der Waals surface area contributed by atoms with Crippen molar-refractivity contribution in [3.8, 4) is 83.6 Å². The Morgan fingerprint density at radius 3 is 1.28 bits per heavy atom. The second-order valence-corrected chi connectivity index (χ2v) is 25.0. The third-order valence-corrected chi connectivity index (χ3v) is 20.0. The number of fused-ring (bicyclic) bond motifs is 9. The summed E-state index contributed by atoms with van der Waals surface area (Å²) in [6.07, 6.45) is 8.09. The summed E-state index contributed by atoms with van der Waals surface area (Å²) in [5.74, 6) is 0.278. The zero-order chi connectivity index (χ0) is 61.4. The monoisotopic (exact) mass is 1180 g/mol. The molecule has 2 heterocycles. The van der Waals surface area contributed by atoms with E-state index in [0.29, 0.717) is 0 Å². The van der Waals surface area contributed by atoms with Gasteiger partial charge in [0.15, 0.2) is 0 Å². The molecule has 0 N–H and O–H groups in total. The number of hydrogen-bond donors (Lipinski definition) is 0. The van der Waals surface area contributed by atoms with Crippen LogP contribution in [0.4, 0.5) is 0 Å². The third kappa shape index (κ3) is 9.01. The van der Waals surface area contributed by atoms with Crippen molar-refractivity contribution < 1.29 is 0 Å². The van der Waals surface area contributed by atoms with Crippen LogP contribution in [-0.2, 0) is 5.41 Å². The number of rotatable bonds is 11. The molecule has 2 aliphatic carbocycles. The van der Waals surface area contributed by atoms with Gasteiger partial charge in [0.2, 0.25) is 0 Å². The molecule has 16 aromatic rings. The van der Waals surface area contributed by atoms with Gasteiger partial charge >= 0.3 is 0 Å². The Labute approximate surface area is 542 Å². The lowest BCUT2D eigenvalue weighted by atomic mass is 9.67. The minimum absolute atomic E-state index is 0.278. The van der Waals surface area contributed by atoms with Gasteiger partial charge in [-0.1, -0.05) is 291 Å². The van der Waals surface area contributed by atoms with Gasteiger partial charge in [-0.05, 0) is 179 Å². The molecule has 0 saturated heterocycles. The first kappa shape index (κ1) is 54.1. The second kappa shape index (κ2) is 22.3. The first-order valence-electron chi connectivity index (χ1n) is 32.5. The highest BCUT2D eigenvalue weighted by Gasteiger charge is 2.46. The van der Waals surface area contributed by atoms with Gasteiger partial charge in [0, 0.05) is 38.8 Å². The van der Waals surface area contributed by atoms with E-state index in [-0.39, 0.29) is 5.92 Å². The van der Waals surface area contributed by atoms with Crippen LogP contribution in [0.3, 0.4) is 0 Å². The maximum Gasteiger partial charge on any atom is 0.0713 e. The average molecular weight is 1180 g/mol. The molecule has 0 fully saturated rings. The largest absolute Gasteiger partial charge is 0.310 e. The number of para-hydroxylation sites is 2. The van der Waals surface area contributed by atoms with Crippen molar-refractivity contribution in [1.82, 2.24) is 9.13 Å². The van der Waals surface area contributed by atoms with Gasteiger partial charge in [0.1, 0.15) is 0 Å². The molecular weight excluding hydrogens is 1120 g/mol. The molecule has 2 aliphatic rings. The summed E-state index contributed by atoms with van der Waals surface area (Å²) in [4.78, 5) is 0. The van der Waals surface area contributed by atoms with Crippen LogP contribution in [0.5, 0.6) is 0 Å². The molecule has 0 spiro atoms. The molecule has 0 aliphatic heterocycles. The van der Waals surface area contributed by atoms with Crippen LogP contribution in [0.2, 0.25) is 0 Å². The Morgan fingerprint density at radius 2 is 0.677 bits per heavy atom. The number of benzene rings is 14. The zero-order valence-corrected chi connectivity index (χ0v) is 51.2. The van der Waals surface area contributed by atoms with Crippen LogP contribution in [-0.4, -0.2) is 9.13 Å². The fourth-order valence-corrected chi connectivity index (χ4v) is 15.6. The molecule has 93 heavy (non-hydrogen) atoms. The third-order valence-electron chi connectivity index (χ3n) is 20.0. The molecule has 2 aromatic heterocycles. The van der Waals surface area contributed by atoms with E-state index in [0.717, 1.165) is 12.1 Å². The van der Waals surface area contributed by atoms with Gasteiger partial charge < -0.3 is 9.13 Å². The van der Waals surface area contributed by atoms with Gasteiger partial charge in [-0.2, -0.15) is 0 Å². The van der Waals surface area contributed by atoms with Crippen LogP contribution in [0.15, 0.2) is 358 Å². The van der Waals surface area contributed by atoms with Crippen molar-refractivity contribution >= 4 is 49.3 Å². The molecule has 0 bridgehead atoms. The molecule has 2 nitrogen and oxygen atoms in total. The van der Waals surface area contributed by atoms with Crippen LogP contribution >= 0.6 is 0 Å². The first-order valence-corrected chi connectivity index (χ1v) is 32.5. The van der Waals surface area contributed by atoms with Gasteiger partial charge in [-0.3, -0.25) is 0 Å². The molecule has 18 rings (SSSR count). The summed E-state index contributed by atoms with van der Waals surface area (Å²) in [6, 6.07) is 126. The smallest absolute Gasteiger partial charge is 0.0713 e. The van der Waals surface area contributed by atoms with E-state index in [4.69, 9.17) is 0 Å². The highest BCUT2D eigenvalue weighted by Crippen LogP contribution is 2.57. The Balaban J connectivity index is 0.615. The van der Waals surface area contributed by atoms with Crippen LogP contribution in [0.25, 0.3) is 133 Å². The standard InChI is InChI=1S/C91H62N2/c1-3-20-61(21-4-1)69-25-19-29-76(58-69)93-88-39-16-12-35-82(88)84-60-71(51-55-90(84)93)70-50-54-89-83(59-70)81-34-11-15-38-87(81)92(89)75-52-48-65(49-53-75)64-42-40-62(41-43-64)63-44-46-66(47-45-63)68-24-17-27-73(56-68)91(85-36-13-9-32-79(85)80-33-10-14-37-86(80)91)74-28-18-26-72(57-74)78-31-8-7-30-77(78)67-22-5-2-6-23-67/h1-48,50-60,65H,49H2. The van der Waals surface area contributed by atoms with Crippen molar-refractivity contribution in [2.75, 3.05) is 0 Å². The molecule has 0 amide bonds. The summed E-state index contributed by atoms with van der Waals surface area (Å²) in [5, 5.41) is 5.01. The molecule has 1 atom stereocenters. The second-order valence-electron chi connectivity index (χ2n) is 25.0. The van der Waals surface area contributed by atoms with Crippen molar-refractivity contribution in [2.24, 2.45) is 0 Å². The SMILES string of the molecule is C1=CC(c2ccc(-c3ccc(-c4cccc(C5(c6cccc(-c7ccccc7-c7ccccc7)c6)c6ccccc6-c6ccccc65)c4)cc3)cc2)CC=C1n1c2ccccc2c2cc(-c3ccc4c(c3)c3ccccc3n4-c3cccc(-c4ccccc4)c3)ccc21. The van der Waals surface area contributed by atoms with E-state index in [2.05, 4.69) is 367 Å². The van der Waals surface area contributed by atoms with Gasteiger partial charge in [-0.25, -0.2) is 0 Å². The summed E-state index contributed by atoms with van der Waals surface area (Å²) in [6.45, 7) is 0. The molecule has 0 radical (unpaired) electrons. The van der Waals surface area contributed by atoms with E-state index in [9.17, 15) is 0 Å². The molecule has 14 aromatic carbocycles. The Kier molecular flexibility index (Phi) is 13.0. The fourth-order valence-electron chi connectivity index (χ4n) is 15.6.